The SMILES string of the molecule is Br.Br.O=C(O)C1CN2CCN1CC2. The summed E-state index contributed by atoms with van der Waals surface area (Å²) < 4.78 is 0. The summed E-state index contributed by atoms with van der Waals surface area (Å²) in [6.07, 6.45) is 0. The molecule has 3 fully saturated rings. The molecular formula is C7H14Br2N2O2. The first-order valence-electron chi connectivity index (χ1n) is 3.96. The minimum atomic E-state index is -0.672. The lowest BCUT2D eigenvalue weighted by atomic mass is 10.1. The van der Waals surface area contributed by atoms with Gasteiger partial charge in [-0.2, -0.15) is 0 Å². The van der Waals surface area contributed by atoms with E-state index in [-0.39, 0.29) is 40.0 Å². The Kier molecular flexibility index (Phi) is 5.43. The molecule has 0 amide bonds. The number of aliphatic carboxylic acids is 1. The molecule has 2 bridgehead atoms. The molecule has 6 heteroatoms. The van der Waals surface area contributed by atoms with Crippen LogP contribution >= 0.6 is 34.0 Å². The average molecular weight is 318 g/mol. The van der Waals surface area contributed by atoms with Gasteiger partial charge in [0.05, 0.1) is 0 Å². The molecule has 0 aromatic heterocycles. The van der Waals surface area contributed by atoms with E-state index in [9.17, 15) is 4.79 Å². The minimum Gasteiger partial charge on any atom is -0.480 e. The van der Waals surface area contributed by atoms with Gasteiger partial charge in [0.25, 0.3) is 0 Å². The standard InChI is InChI=1S/C7H12N2O2.2BrH/c10-7(11)6-5-8-1-3-9(6)4-2-8;;/h6H,1-5H2,(H,10,11);2*1H. The summed E-state index contributed by atoms with van der Waals surface area (Å²) in [6, 6.07) is -0.238. The van der Waals surface area contributed by atoms with Crippen LogP contribution in [-0.2, 0) is 4.79 Å². The Morgan fingerprint density at radius 2 is 1.69 bits per heavy atom. The Hall–Kier alpha value is 0.350. The molecule has 3 heterocycles. The molecule has 1 unspecified atom stereocenters. The van der Waals surface area contributed by atoms with E-state index in [0.717, 1.165) is 32.7 Å². The van der Waals surface area contributed by atoms with Gasteiger partial charge in [-0.1, -0.05) is 0 Å². The van der Waals surface area contributed by atoms with Crippen LogP contribution in [0.5, 0.6) is 0 Å². The Morgan fingerprint density at radius 3 is 1.92 bits per heavy atom. The van der Waals surface area contributed by atoms with Gasteiger partial charge in [-0.3, -0.25) is 14.6 Å². The summed E-state index contributed by atoms with van der Waals surface area (Å²) in [6.45, 7) is 4.66. The third-order valence-electron chi connectivity index (χ3n) is 2.56. The third kappa shape index (κ3) is 2.65. The lowest BCUT2D eigenvalue weighted by molar-refractivity contribution is -0.148. The Balaban J connectivity index is 0.000000720. The van der Waals surface area contributed by atoms with Crippen molar-refractivity contribution in [2.24, 2.45) is 0 Å². The van der Waals surface area contributed by atoms with Crippen LogP contribution in [0.25, 0.3) is 0 Å². The molecule has 4 nitrogen and oxygen atoms in total. The van der Waals surface area contributed by atoms with Crippen LogP contribution in [0, 0.1) is 0 Å². The van der Waals surface area contributed by atoms with Crippen LogP contribution in [0.1, 0.15) is 0 Å². The quantitative estimate of drug-likeness (QED) is 0.752. The number of hydrogen-bond acceptors (Lipinski definition) is 3. The van der Waals surface area contributed by atoms with E-state index in [1.807, 2.05) is 0 Å². The predicted octanol–water partition coefficient (Wildman–Crippen LogP) is 0.227. The lowest BCUT2D eigenvalue weighted by Crippen LogP contribution is -2.63. The van der Waals surface area contributed by atoms with Crippen molar-refractivity contribution in [1.82, 2.24) is 9.80 Å². The molecule has 3 aliphatic heterocycles. The number of fused-ring (bicyclic) bond motifs is 3. The number of carboxylic acid groups (broad SMARTS) is 1. The van der Waals surface area contributed by atoms with Crippen LogP contribution in [0.15, 0.2) is 0 Å². The highest BCUT2D eigenvalue weighted by Gasteiger charge is 2.35. The molecule has 1 atom stereocenters. The molecule has 3 saturated heterocycles. The average Bonchev–Trinajstić information content (AvgIpc) is 2.06. The second-order valence-corrected chi connectivity index (χ2v) is 3.19. The van der Waals surface area contributed by atoms with Crippen LogP contribution in [-0.4, -0.2) is 59.6 Å². The van der Waals surface area contributed by atoms with Crippen LogP contribution in [0.2, 0.25) is 0 Å². The zero-order chi connectivity index (χ0) is 7.84. The highest BCUT2D eigenvalue weighted by Crippen LogP contribution is 2.15. The summed E-state index contributed by atoms with van der Waals surface area (Å²) in [5, 5.41) is 8.79. The molecule has 0 spiro atoms. The lowest BCUT2D eigenvalue weighted by Gasteiger charge is -2.45. The minimum absolute atomic E-state index is 0. The van der Waals surface area contributed by atoms with Gasteiger partial charge in [0.1, 0.15) is 6.04 Å². The molecule has 0 aromatic carbocycles. The molecule has 0 aromatic rings. The van der Waals surface area contributed by atoms with E-state index in [1.54, 1.807) is 0 Å². The fourth-order valence-corrected chi connectivity index (χ4v) is 1.85. The fourth-order valence-electron chi connectivity index (χ4n) is 1.85. The smallest absolute Gasteiger partial charge is 0.322 e. The first-order valence-corrected chi connectivity index (χ1v) is 3.96. The van der Waals surface area contributed by atoms with Crippen molar-refractivity contribution >= 4 is 39.9 Å². The highest BCUT2D eigenvalue weighted by molar-refractivity contribution is 8.93. The molecular weight excluding hydrogens is 304 g/mol. The molecule has 13 heavy (non-hydrogen) atoms. The largest absolute Gasteiger partial charge is 0.480 e. The van der Waals surface area contributed by atoms with E-state index < -0.39 is 5.97 Å². The van der Waals surface area contributed by atoms with Crippen molar-refractivity contribution in [2.75, 3.05) is 32.7 Å². The Bertz CT molecular complexity index is 183. The second-order valence-electron chi connectivity index (χ2n) is 3.19. The number of hydrogen-bond donors (Lipinski definition) is 1. The summed E-state index contributed by atoms with van der Waals surface area (Å²) in [5.74, 6) is -0.672. The summed E-state index contributed by atoms with van der Waals surface area (Å²) in [7, 11) is 0. The van der Waals surface area contributed by atoms with Gasteiger partial charge in [0.2, 0.25) is 0 Å². The first kappa shape index (κ1) is 13.4. The highest BCUT2D eigenvalue weighted by atomic mass is 79.9. The van der Waals surface area contributed by atoms with Gasteiger partial charge >= 0.3 is 5.97 Å². The molecule has 0 saturated carbocycles. The topological polar surface area (TPSA) is 43.8 Å². The van der Waals surface area contributed by atoms with Gasteiger partial charge < -0.3 is 5.11 Å². The van der Waals surface area contributed by atoms with Crippen molar-refractivity contribution < 1.29 is 9.90 Å². The number of carbonyl (C=O) groups is 1. The number of carboxylic acids is 1. The molecule has 1 N–H and O–H groups in total. The number of piperazine rings is 3. The molecule has 78 valence electrons. The van der Waals surface area contributed by atoms with Crippen LogP contribution in [0.3, 0.4) is 0 Å². The molecule has 3 aliphatic rings. The monoisotopic (exact) mass is 316 g/mol. The van der Waals surface area contributed by atoms with Gasteiger partial charge in [-0.15, -0.1) is 34.0 Å². The first-order chi connectivity index (χ1) is 5.27. The van der Waals surface area contributed by atoms with Gasteiger partial charge in [-0.25, -0.2) is 0 Å². The van der Waals surface area contributed by atoms with Crippen LogP contribution < -0.4 is 0 Å². The molecule has 0 aliphatic carbocycles. The summed E-state index contributed by atoms with van der Waals surface area (Å²) in [5.41, 5.74) is 0. The molecule has 3 rings (SSSR count). The third-order valence-corrected chi connectivity index (χ3v) is 2.56. The van der Waals surface area contributed by atoms with E-state index in [4.69, 9.17) is 5.11 Å². The molecule has 0 radical (unpaired) electrons. The maximum absolute atomic E-state index is 10.7. The second kappa shape index (κ2) is 5.29. The van der Waals surface area contributed by atoms with Crippen molar-refractivity contribution in [3.63, 3.8) is 0 Å². The predicted molar refractivity (Wildman–Crippen MR) is 60.1 cm³/mol. The van der Waals surface area contributed by atoms with E-state index in [1.165, 1.54) is 0 Å². The van der Waals surface area contributed by atoms with Gasteiger partial charge in [0, 0.05) is 32.7 Å². The van der Waals surface area contributed by atoms with E-state index >= 15 is 0 Å². The summed E-state index contributed by atoms with van der Waals surface area (Å²) >= 11 is 0. The Morgan fingerprint density at radius 1 is 1.15 bits per heavy atom. The van der Waals surface area contributed by atoms with E-state index in [2.05, 4.69) is 9.80 Å². The summed E-state index contributed by atoms with van der Waals surface area (Å²) in [4.78, 5) is 15.0. The maximum atomic E-state index is 10.7. The Labute approximate surface area is 98.4 Å². The number of rotatable bonds is 1. The fraction of sp³-hybridized carbons (Fsp3) is 0.857. The maximum Gasteiger partial charge on any atom is 0.322 e. The van der Waals surface area contributed by atoms with E-state index in [0.29, 0.717) is 0 Å². The number of nitrogens with zero attached hydrogens (tertiary/aromatic N) is 2. The van der Waals surface area contributed by atoms with Crippen LogP contribution in [0.4, 0.5) is 0 Å². The van der Waals surface area contributed by atoms with Crippen molar-refractivity contribution in [2.45, 2.75) is 6.04 Å². The number of halogens is 2. The van der Waals surface area contributed by atoms with Gasteiger partial charge in [0.15, 0.2) is 0 Å². The van der Waals surface area contributed by atoms with Crippen molar-refractivity contribution in [3.05, 3.63) is 0 Å². The zero-order valence-electron chi connectivity index (χ0n) is 7.18. The zero-order valence-corrected chi connectivity index (χ0v) is 10.6. The van der Waals surface area contributed by atoms with Gasteiger partial charge in [-0.05, 0) is 0 Å². The van der Waals surface area contributed by atoms with Crippen molar-refractivity contribution in [3.8, 4) is 0 Å². The van der Waals surface area contributed by atoms with Crippen molar-refractivity contribution in [1.29, 1.82) is 0 Å². The normalized spacial score (nSPS) is 35.8.